The van der Waals surface area contributed by atoms with E-state index in [0.29, 0.717) is 33.7 Å². The largest absolute Gasteiger partial charge is 0.508 e. The molecule has 0 aromatic heterocycles. The van der Waals surface area contributed by atoms with E-state index in [2.05, 4.69) is 21.2 Å². The lowest BCUT2D eigenvalue weighted by Crippen LogP contribution is -2.29. The molecule has 0 radical (unpaired) electrons. The maximum atomic E-state index is 13.2. The van der Waals surface area contributed by atoms with E-state index < -0.39 is 11.9 Å². The van der Waals surface area contributed by atoms with Gasteiger partial charge in [-0.05, 0) is 25.1 Å². The summed E-state index contributed by atoms with van der Waals surface area (Å²) in [4.78, 5) is 25.8. The van der Waals surface area contributed by atoms with Gasteiger partial charge in [0, 0.05) is 32.4 Å². The zero-order valence-corrected chi connectivity index (χ0v) is 16.3. The Hall–Kier alpha value is -2.86. The number of esters is 1. The Labute approximate surface area is 164 Å². The number of Topliss-reactive ketones (excluding diaryl/α,β-unsaturated/α-hetero) is 1. The summed E-state index contributed by atoms with van der Waals surface area (Å²) in [5.41, 5.74) is 3.86. The summed E-state index contributed by atoms with van der Waals surface area (Å²) in [5, 5.41) is 13.7. The first-order valence-corrected chi connectivity index (χ1v) is 9.16. The molecule has 136 valence electrons. The number of rotatable bonds is 2. The molecule has 1 aliphatic carbocycles. The van der Waals surface area contributed by atoms with Crippen LogP contribution >= 0.6 is 15.9 Å². The average molecular weight is 426 g/mol. The number of hydrogen-bond acceptors (Lipinski definition) is 5. The second kappa shape index (κ2) is 6.39. The summed E-state index contributed by atoms with van der Waals surface area (Å²) in [6.07, 6.45) is 0. The van der Waals surface area contributed by atoms with Crippen molar-refractivity contribution in [3.8, 4) is 5.75 Å². The molecule has 0 amide bonds. The highest BCUT2D eigenvalue weighted by atomic mass is 79.9. The van der Waals surface area contributed by atoms with E-state index in [9.17, 15) is 14.7 Å². The first kappa shape index (κ1) is 17.5. The van der Waals surface area contributed by atoms with Crippen LogP contribution in [0.4, 0.5) is 0 Å². The molecule has 1 heterocycles. The second-order valence-corrected chi connectivity index (χ2v) is 7.37. The van der Waals surface area contributed by atoms with Crippen molar-refractivity contribution in [1.82, 2.24) is 5.32 Å². The minimum absolute atomic E-state index is 0.00918. The molecule has 0 bridgehead atoms. The van der Waals surface area contributed by atoms with Crippen molar-refractivity contribution in [3.05, 3.63) is 80.5 Å². The van der Waals surface area contributed by atoms with Crippen molar-refractivity contribution >= 4 is 33.4 Å². The number of ketones is 1. The molecule has 2 aromatic carbocycles. The molecule has 1 atom stereocenters. The van der Waals surface area contributed by atoms with Gasteiger partial charge in [-0.1, -0.05) is 40.2 Å². The van der Waals surface area contributed by atoms with Gasteiger partial charge >= 0.3 is 5.97 Å². The second-order valence-electron chi connectivity index (χ2n) is 6.45. The molecule has 27 heavy (non-hydrogen) atoms. The number of aromatic hydroxyl groups is 1. The molecule has 6 heteroatoms. The van der Waals surface area contributed by atoms with Gasteiger partial charge in [-0.25, -0.2) is 4.79 Å². The Balaban J connectivity index is 2.01. The number of benzene rings is 2. The molecule has 0 saturated heterocycles. The number of dihydropyridines is 1. The van der Waals surface area contributed by atoms with E-state index in [4.69, 9.17) is 4.74 Å². The van der Waals surface area contributed by atoms with Crippen LogP contribution in [-0.4, -0.2) is 24.0 Å². The molecule has 2 aliphatic rings. The third-order valence-corrected chi connectivity index (χ3v) is 5.45. The molecule has 1 aliphatic heterocycles. The van der Waals surface area contributed by atoms with Gasteiger partial charge in [0.05, 0.1) is 24.3 Å². The van der Waals surface area contributed by atoms with Gasteiger partial charge < -0.3 is 15.2 Å². The van der Waals surface area contributed by atoms with Crippen molar-refractivity contribution in [2.24, 2.45) is 0 Å². The molecule has 0 saturated carbocycles. The van der Waals surface area contributed by atoms with E-state index in [1.807, 2.05) is 18.2 Å². The Morgan fingerprint density at radius 2 is 1.89 bits per heavy atom. The van der Waals surface area contributed by atoms with Crippen molar-refractivity contribution < 1.29 is 19.4 Å². The van der Waals surface area contributed by atoms with Crippen LogP contribution in [0.15, 0.2) is 63.8 Å². The molecule has 0 spiro atoms. The molecule has 2 N–H and O–H groups in total. The van der Waals surface area contributed by atoms with Gasteiger partial charge in [0.1, 0.15) is 5.75 Å². The summed E-state index contributed by atoms with van der Waals surface area (Å²) in [6, 6.07) is 12.3. The Kier molecular flexibility index (Phi) is 4.15. The smallest absolute Gasteiger partial charge is 0.336 e. The van der Waals surface area contributed by atoms with Gasteiger partial charge in [0.25, 0.3) is 0 Å². The first-order valence-electron chi connectivity index (χ1n) is 8.36. The quantitative estimate of drug-likeness (QED) is 0.713. The maximum Gasteiger partial charge on any atom is 0.336 e. The highest BCUT2D eigenvalue weighted by Gasteiger charge is 2.43. The van der Waals surface area contributed by atoms with Gasteiger partial charge in [0.2, 0.25) is 0 Å². The molecule has 5 nitrogen and oxygen atoms in total. The molecular weight excluding hydrogens is 410 g/mol. The van der Waals surface area contributed by atoms with Crippen LogP contribution in [-0.2, 0) is 9.53 Å². The third-order valence-electron chi connectivity index (χ3n) is 4.95. The number of carbonyl (C=O) groups excluding carboxylic acids is 2. The van der Waals surface area contributed by atoms with Gasteiger partial charge in [-0.3, -0.25) is 4.79 Å². The van der Waals surface area contributed by atoms with Crippen LogP contribution in [0.5, 0.6) is 5.75 Å². The zero-order chi connectivity index (χ0) is 19.3. The number of halogens is 1. The van der Waals surface area contributed by atoms with E-state index in [-0.39, 0.29) is 11.5 Å². The molecule has 2 aromatic rings. The molecule has 0 unspecified atom stereocenters. The lowest BCUT2D eigenvalue weighted by atomic mass is 9.79. The van der Waals surface area contributed by atoms with E-state index in [0.717, 1.165) is 10.0 Å². The number of hydrogen-bond donors (Lipinski definition) is 2. The number of methoxy groups -OCH3 is 1. The van der Waals surface area contributed by atoms with Gasteiger partial charge in [-0.15, -0.1) is 0 Å². The summed E-state index contributed by atoms with van der Waals surface area (Å²) >= 11 is 3.41. The minimum Gasteiger partial charge on any atom is -0.508 e. The fraction of sp³-hybridized carbons (Fsp3) is 0.143. The Morgan fingerprint density at radius 3 is 2.59 bits per heavy atom. The topological polar surface area (TPSA) is 75.6 Å². The number of ether oxygens (including phenoxy) is 1. The summed E-state index contributed by atoms with van der Waals surface area (Å²) in [7, 11) is 1.30. The number of allylic oxidation sites excluding steroid dienone is 2. The predicted molar refractivity (Wildman–Crippen MR) is 104 cm³/mol. The highest BCUT2D eigenvalue weighted by molar-refractivity contribution is 9.10. The Bertz CT molecular complexity index is 1070. The van der Waals surface area contributed by atoms with Crippen LogP contribution in [0.3, 0.4) is 0 Å². The van der Waals surface area contributed by atoms with E-state index >= 15 is 0 Å². The van der Waals surface area contributed by atoms with Crippen molar-refractivity contribution in [2.45, 2.75) is 12.8 Å². The lowest BCUT2D eigenvalue weighted by molar-refractivity contribution is -0.136. The fourth-order valence-electron chi connectivity index (χ4n) is 3.78. The minimum atomic E-state index is -0.730. The number of carbonyl (C=O) groups is 2. The zero-order valence-electron chi connectivity index (χ0n) is 14.7. The van der Waals surface area contributed by atoms with Gasteiger partial charge in [-0.2, -0.15) is 0 Å². The fourth-order valence-corrected chi connectivity index (χ4v) is 4.16. The number of nitrogens with one attached hydrogen (secondary N) is 1. The van der Waals surface area contributed by atoms with E-state index in [1.54, 1.807) is 31.2 Å². The highest BCUT2D eigenvalue weighted by Crippen LogP contribution is 2.48. The van der Waals surface area contributed by atoms with Crippen LogP contribution in [0.1, 0.15) is 34.3 Å². The van der Waals surface area contributed by atoms with Crippen LogP contribution in [0, 0.1) is 0 Å². The maximum absolute atomic E-state index is 13.2. The van der Waals surface area contributed by atoms with Crippen molar-refractivity contribution in [1.29, 1.82) is 0 Å². The van der Waals surface area contributed by atoms with Crippen molar-refractivity contribution in [2.75, 3.05) is 7.11 Å². The number of fused-ring (bicyclic) bond motifs is 2. The summed E-state index contributed by atoms with van der Waals surface area (Å²) < 4.78 is 5.72. The third kappa shape index (κ3) is 2.59. The molecular formula is C21H16BrNO4. The molecule has 4 rings (SSSR count). The van der Waals surface area contributed by atoms with Gasteiger partial charge in [0.15, 0.2) is 5.78 Å². The van der Waals surface area contributed by atoms with Crippen LogP contribution < -0.4 is 5.32 Å². The average Bonchev–Trinajstić information content (AvgIpc) is 2.94. The van der Waals surface area contributed by atoms with Crippen LogP contribution in [0.25, 0.3) is 5.70 Å². The van der Waals surface area contributed by atoms with Crippen LogP contribution in [0.2, 0.25) is 0 Å². The lowest BCUT2D eigenvalue weighted by Gasteiger charge is -2.29. The SMILES string of the molecule is COC(=O)C1=C(C)NC2=C(C(=O)c3ccccc32)[C@@H]1c1cc(Br)ccc1O. The predicted octanol–water partition coefficient (Wildman–Crippen LogP) is 3.90. The first-order chi connectivity index (χ1) is 12.9. The van der Waals surface area contributed by atoms with Crippen molar-refractivity contribution in [3.63, 3.8) is 0 Å². The summed E-state index contributed by atoms with van der Waals surface area (Å²) in [5.74, 6) is -1.42. The summed E-state index contributed by atoms with van der Waals surface area (Å²) in [6.45, 7) is 1.77. The standard InChI is InChI=1S/C21H16BrNO4/c1-10-16(21(26)27-2)17(14-9-11(22)7-8-15(14)24)18-19(23-10)12-5-3-4-6-13(12)20(18)25/h3-9,17,23-24H,1-2H3/t17-/m1/s1. The Morgan fingerprint density at radius 1 is 1.19 bits per heavy atom. The number of phenolic OH excluding ortho intramolecular Hbond substituents is 1. The monoisotopic (exact) mass is 425 g/mol. The normalized spacial score (nSPS) is 18.2. The molecule has 0 fully saturated rings. The van der Waals surface area contributed by atoms with E-state index in [1.165, 1.54) is 7.11 Å². The number of phenols is 1.